The number of nitrogens with zero attached hydrogens (tertiary/aromatic N) is 1. The Morgan fingerprint density at radius 3 is 2.49 bits per heavy atom. The molecule has 0 aliphatic carbocycles. The van der Waals surface area contributed by atoms with Crippen LogP contribution in [0.3, 0.4) is 0 Å². The first-order valence-corrected chi connectivity index (χ1v) is 11.8. The van der Waals surface area contributed by atoms with Crippen LogP contribution in [-0.2, 0) is 16.0 Å². The summed E-state index contributed by atoms with van der Waals surface area (Å²) >= 11 is 0. The maximum Gasteiger partial charge on any atom is 0.295 e. The monoisotopic (exact) mass is 498 g/mol. The fourth-order valence-electron chi connectivity index (χ4n) is 4.81. The largest absolute Gasteiger partial charge is 0.507 e. The highest BCUT2D eigenvalue weighted by Gasteiger charge is 2.46. The SMILES string of the molecule is COc1ccc(C(O)=C2C(=O)C(=O)N(CCc3c[nH]c4ccccc34)[C@H]2c2ccc(O)c(OC)c2)cc1. The molecule has 3 aromatic carbocycles. The quantitative estimate of drug-likeness (QED) is 0.196. The van der Waals surface area contributed by atoms with Gasteiger partial charge in [-0.25, -0.2) is 0 Å². The van der Waals surface area contributed by atoms with Crippen LogP contribution in [-0.4, -0.2) is 52.6 Å². The predicted molar refractivity (Wildman–Crippen MR) is 139 cm³/mol. The van der Waals surface area contributed by atoms with E-state index >= 15 is 0 Å². The van der Waals surface area contributed by atoms with E-state index in [0.717, 1.165) is 16.5 Å². The van der Waals surface area contributed by atoms with E-state index in [1.165, 1.54) is 25.2 Å². The number of Topliss-reactive ketones (excluding diaryl/α,β-unsaturated/α-hetero) is 1. The average Bonchev–Trinajstić information content (AvgIpc) is 3.45. The Bertz CT molecular complexity index is 1520. The number of rotatable bonds is 7. The molecule has 1 atom stereocenters. The lowest BCUT2D eigenvalue weighted by molar-refractivity contribution is -0.139. The third kappa shape index (κ3) is 4.27. The third-order valence-corrected chi connectivity index (χ3v) is 6.72. The average molecular weight is 499 g/mol. The number of aliphatic hydroxyl groups excluding tert-OH is 1. The van der Waals surface area contributed by atoms with Crippen molar-refractivity contribution in [3.05, 3.63) is 95.2 Å². The summed E-state index contributed by atoms with van der Waals surface area (Å²) in [5.41, 5.74) is 2.88. The number of hydrogen-bond acceptors (Lipinski definition) is 6. The van der Waals surface area contributed by atoms with Gasteiger partial charge in [-0.05, 0) is 60.0 Å². The van der Waals surface area contributed by atoms with Crippen molar-refractivity contribution < 1.29 is 29.3 Å². The molecule has 8 nitrogen and oxygen atoms in total. The molecule has 5 rings (SSSR count). The minimum absolute atomic E-state index is 0.0261. The fourth-order valence-corrected chi connectivity index (χ4v) is 4.81. The molecular weight excluding hydrogens is 472 g/mol. The van der Waals surface area contributed by atoms with Gasteiger partial charge in [0.2, 0.25) is 0 Å². The topological polar surface area (TPSA) is 112 Å². The van der Waals surface area contributed by atoms with Gasteiger partial charge < -0.3 is 29.6 Å². The van der Waals surface area contributed by atoms with Gasteiger partial charge >= 0.3 is 0 Å². The predicted octanol–water partition coefficient (Wildman–Crippen LogP) is 4.56. The molecule has 0 bridgehead atoms. The molecule has 1 aromatic heterocycles. The van der Waals surface area contributed by atoms with Crippen LogP contribution in [0.4, 0.5) is 0 Å². The van der Waals surface area contributed by atoms with Gasteiger partial charge in [0.15, 0.2) is 11.5 Å². The highest BCUT2D eigenvalue weighted by molar-refractivity contribution is 6.46. The third-order valence-electron chi connectivity index (χ3n) is 6.72. The van der Waals surface area contributed by atoms with E-state index in [9.17, 15) is 19.8 Å². The highest BCUT2D eigenvalue weighted by atomic mass is 16.5. The maximum atomic E-state index is 13.3. The number of para-hydroxylation sites is 1. The van der Waals surface area contributed by atoms with Gasteiger partial charge in [0, 0.05) is 29.2 Å². The van der Waals surface area contributed by atoms with Crippen LogP contribution in [0.15, 0.2) is 78.5 Å². The smallest absolute Gasteiger partial charge is 0.295 e. The van der Waals surface area contributed by atoms with Crippen LogP contribution < -0.4 is 9.47 Å². The summed E-state index contributed by atoms with van der Waals surface area (Å²) in [6.07, 6.45) is 2.39. The molecule has 1 amide bonds. The zero-order chi connectivity index (χ0) is 26.1. The summed E-state index contributed by atoms with van der Waals surface area (Å²) in [6, 6.07) is 18.2. The number of likely N-dealkylation sites (tertiary alicyclic amines) is 1. The number of ether oxygens (including phenoxy) is 2. The van der Waals surface area contributed by atoms with Crippen molar-refractivity contribution in [2.45, 2.75) is 12.5 Å². The van der Waals surface area contributed by atoms with Crippen LogP contribution >= 0.6 is 0 Å². The lowest BCUT2D eigenvalue weighted by Gasteiger charge is -2.25. The number of methoxy groups -OCH3 is 2. The van der Waals surface area contributed by atoms with E-state index in [1.807, 2.05) is 30.5 Å². The Labute approximate surface area is 213 Å². The van der Waals surface area contributed by atoms with E-state index in [1.54, 1.807) is 36.4 Å². The van der Waals surface area contributed by atoms with Gasteiger partial charge in [0.25, 0.3) is 11.7 Å². The molecule has 37 heavy (non-hydrogen) atoms. The number of carbonyl (C=O) groups excluding carboxylic acids is 2. The molecular formula is C29H26N2O6. The lowest BCUT2D eigenvalue weighted by Crippen LogP contribution is -2.31. The number of aromatic amines is 1. The van der Waals surface area contributed by atoms with Gasteiger partial charge in [-0.3, -0.25) is 9.59 Å². The molecule has 0 spiro atoms. The number of benzene rings is 3. The van der Waals surface area contributed by atoms with E-state index < -0.39 is 17.7 Å². The van der Waals surface area contributed by atoms with Crippen LogP contribution in [0.1, 0.15) is 22.7 Å². The molecule has 1 aliphatic rings. The number of aliphatic hydroxyl groups is 1. The number of phenolic OH excluding ortho intramolecular Hbond substituents is 1. The summed E-state index contributed by atoms with van der Waals surface area (Å²) in [5, 5.41) is 22.4. The van der Waals surface area contributed by atoms with E-state index in [2.05, 4.69) is 4.98 Å². The first kappa shape index (κ1) is 24.0. The standard InChI is InChI=1S/C29H26N2O6/c1-36-20-10-7-17(8-11-20)27(33)25-26(18-9-12-23(32)24(15-18)37-2)31(29(35)28(25)34)14-13-19-16-30-22-6-4-3-5-21(19)22/h3-12,15-16,26,30,32-33H,13-14H2,1-2H3/t26-/m0/s1. The molecule has 0 radical (unpaired) electrons. The van der Waals surface area contributed by atoms with Crippen molar-refractivity contribution in [2.75, 3.05) is 20.8 Å². The number of phenols is 1. The van der Waals surface area contributed by atoms with Crippen LogP contribution in [0.25, 0.3) is 16.7 Å². The normalized spacial score (nSPS) is 16.9. The first-order valence-electron chi connectivity index (χ1n) is 11.8. The number of hydrogen-bond donors (Lipinski definition) is 3. The summed E-state index contributed by atoms with van der Waals surface area (Å²) in [4.78, 5) is 31.3. The molecule has 2 heterocycles. The van der Waals surface area contributed by atoms with Crippen LogP contribution in [0, 0.1) is 0 Å². The van der Waals surface area contributed by atoms with Crippen molar-refractivity contribution in [3.63, 3.8) is 0 Å². The van der Waals surface area contributed by atoms with Gasteiger partial charge in [-0.1, -0.05) is 24.3 Å². The van der Waals surface area contributed by atoms with Crippen LogP contribution in [0.2, 0.25) is 0 Å². The number of fused-ring (bicyclic) bond motifs is 1. The van der Waals surface area contributed by atoms with E-state index in [-0.39, 0.29) is 29.4 Å². The molecule has 0 saturated carbocycles. The molecule has 3 N–H and O–H groups in total. The molecule has 1 aliphatic heterocycles. The molecule has 188 valence electrons. The van der Waals surface area contributed by atoms with Crippen molar-refractivity contribution in [2.24, 2.45) is 0 Å². The first-order chi connectivity index (χ1) is 17.9. The highest BCUT2D eigenvalue weighted by Crippen LogP contribution is 2.42. The number of carbonyl (C=O) groups is 2. The molecule has 4 aromatic rings. The van der Waals surface area contributed by atoms with Crippen molar-refractivity contribution in [1.82, 2.24) is 9.88 Å². The van der Waals surface area contributed by atoms with Crippen LogP contribution in [0.5, 0.6) is 17.2 Å². The number of nitrogens with one attached hydrogen (secondary N) is 1. The number of aromatic nitrogens is 1. The molecule has 1 saturated heterocycles. The van der Waals surface area contributed by atoms with Gasteiger partial charge in [0.1, 0.15) is 11.5 Å². The summed E-state index contributed by atoms with van der Waals surface area (Å²) < 4.78 is 10.5. The second-order valence-corrected chi connectivity index (χ2v) is 8.76. The van der Waals surface area contributed by atoms with Gasteiger partial charge in [-0.15, -0.1) is 0 Å². The van der Waals surface area contributed by atoms with Gasteiger partial charge in [-0.2, -0.15) is 0 Å². The minimum Gasteiger partial charge on any atom is -0.507 e. The Hall–Kier alpha value is -4.72. The van der Waals surface area contributed by atoms with Crippen molar-refractivity contribution >= 4 is 28.4 Å². The number of H-pyrrole nitrogens is 1. The number of amides is 1. The maximum absolute atomic E-state index is 13.3. The number of ketones is 1. The van der Waals surface area contributed by atoms with Crippen molar-refractivity contribution in [1.29, 1.82) is 0 Å². The molecule has 1 fully saturated rings. The Morgan fingerprint density at radius 1 is 1.00 bits per heavy atom. The zero-order valence-corrected chi connectivity index (χ0v) is 20.4. The lowest BCUT2D eigenvalue weighted by atomic mass is 9.94. The Kier molecular flexibility index (Phi) is 6.31. The molecule has 8 heteroatoms. The Balaban J connectivity index is 1.58. The minimum atomic E-state index is -0.873. The summed E-state index contributed by atoms with van der Waals surface area (Å²) in [7, 11) is 2.95. The van der Waals surface area contributed by atoms with E-state index in [4.69, 9.17) is 9.47 Å². The summed E-state index contributed by atoms with van der Waals surface area (Å²) in [6.45, 7) is 0.236. The second-order valence-electron chi connectivity index (χ2n) is 8.76. The second kappa shape index (κ2) is 9.73. The summed E-state index contributed by atoms with van der Waals surface area (Å²) in [5.74, 6) is -1.04. The van der Waals surface area contributed by atoms with Gasteiger partial charge in [0.05, 0.1) is 25.8 Å². The Morgan fingerprint density at radius 2 is 1.76 bits per heavy atom. The zero-order valence-electron chi connectivity index (χ0n) is 20.4. The fraction of sp³-hybridized carbons (Fsp3) is 0.172. The van der Waals surface area contributed by atoms with Crippen molar-refractivity contribution in [3.8, 4) is 17.2 Å². The molecule has 0 unspecified atom stereocenters. The van der Waals surface area contributed by atoms with E-state index in [0.29, 0.717) is 23.3 Å². The number of aromatic hydroxyl groups is 1.